The first kappa shape index (κ1) is 16.6. The van der Waals surface area contributed by atoms with Crippen molar-refractivity contribution in [3.63, 3.8) is 0 Å². The Morgan fingerprint density at radius 3 is 2.82 bits per heavy atom. The number of nitrogens with zero attached hydrogens (tertiary/aromatic N) is 2. The van der Waals surface area contributed by atoms with Crippen molar-refractivity contribution in [1.29, 1.82) is 0 Å². The van der Waals surface area contributed by atoms with Crippen molar-refractivity contribution in [3.05, 3.63) is 33.9 Å². The van der Waals surface area contributed by atoms with Gasteiger partial charge in [-0.1, -0.05) is 0 Å². The summed E-state index contributed by atoms with van der Waals surface area (Å²) in [6.07, 6.45) is 0. The zero-order valence-corrected chi connectivity index (χ0v) is 12.5. The van der Waals surface area contributed by atoms with Gasteiger partial charge in [-0.05, 0) is 19.9 Å². The number of benzene rings is 1. The highest BCUT2D eigenvalue weighted by atomic mass is 19.3. The predicted molar refractivity (Wildman–Crippen MR) is 77.1 cm³/mol. The molecule has 1 aliphatic rings. The van der Waals surface area contributed by atoms with Crippen molar-refractivity contribution in [3.8, 4) is 5.75 Å². The molecule has 1 fully saturated rings. The van der Waals surface area contributed by atoms with Gasteiger partial charge in [0.25, 0.3) is 5.69 Å². The summed E-state index contributed by atoms with van der Waals surface area (Å²) in [7, 11) is 0. The second-order valence-corrected chi connectivity index (χ2v) is 5.95. The molecule has 0 aromatic heterocycles. The normalized spacial score (nSPS) is 18.4. The molecule has 1 N–H and O–H groups in total. The third-order valence-corrected chi connectivity index (χ3v) is 3.52. The van der Waals surface area contributed by atoms with Crippen molar-refractivity contribution in [2.24, 2.45) is 0 Å². The second-order valence-electron chi connectivity index (χ2n) is 5.95. The lowest BCUT2D eigenvalue weighted by Gasteiger charge is -2.39. The minimum absolute atomic E-state index is 0.0167. The number of hydrogen-bond acceptors (Lipinski definition) is 5. The van der Waals surface area contributed by atoms with Gasteiger partial charge < -0.3 is 10.1 Å². The standard InChI is InChI=1S/C14H19F2N3O3/c1-14(2)9-18(6-5-17-14)8-10-7-11(19(20)21)3-4-12(10)22-13(15)16/h3-4,7,13,17H,5-6,8-9H2,1-2H3. The van der Waals surface area contributed by atoms with Gasteiger partial charge in [-0.15, -0.1) is 0 Å². The first-order valence-electron chi connectivity index (χ1n) is 6.96. The van der Waals surface area contributed by atoms with Crippen LogP contribution in [0.15, 0.2) is 18.2 Å². The summed E-state index contributed by atoms with van der Waals surface area (Å²) in [5.74, 6) is -0.0167. The Morgan fingerprint density at radius 2 is 2.23 bits per heavy atom. The summed E-state index contributed by atoms with van der Waals surface area (Å²) >= 11 is 0. The predicted octanol–water partition coefficient (Wildman–Crippen LogP) is 2.38. The Balaban J connectivity index is 2.22. The van der Waals surface area contributed by atoms with Gasteiger partial charge in [-0.25, -0.2) is 0 Å². The molecular formula is C14H19F2N3O3. The molecule has 0 bridgehead atoms. The molecule has 0 spiro atoms. The van der Waals surface area contributed by atoms with Crippen LogP contribution in [0.25, 0.3) is 0 Å². The van der Waals surface area contributed by atoms with Crippen LogP contribution in [-0.4, -0.2) is 41.6 Å². The number of ether oxygens (including phenoxy) is 1. The minimum Gasteiger partial charge on any atom is -0.434 e. The molecule has 0 radical (unpaired) electrons. The minimum atomic E-state index is -2.96. The number of halogens is 2. The summed E-state index contributed by atoms with van der Waals surface area (Å²) in [6, 6.07) is 3.70. The van der Waals surface area contributed by atoms with E-state index in [9.17, 15) is 18.9 Å². The number of nitro benzene ring substituents is 1. The summed E-state index contributed by atoms with van der Waals surface area (Å²) in [5.41, 5.74) is 0.168. The number of nitrogens with one attached hydrogen (secondary N) is 1. The maximum atomic E-state index is 12.5. The van der Waals surface area contributed by atoms with Crippen LogP contribution in [0.4, 0.5) is 14.5 Å². The number of hydrogen-bond donors (Lipinski definition) is 1. The topological polar surface area (TPSA) is 67.6 Å². The van der Waals surface area contributed by atoms with Crippen molar-refractivity contribution >= 4 is 5.69 Å². The molecule has 0 saturated carbocycles. The van der Waals surface area contributed by atoms with E-state index >= 15 is 0 Å². The fourth-order valence-electron chi connectivity index (χ4n) is 2.64. The van der Waals surface area contributed by atoms with Crippen molar-refractivity contribution in [1.82, 2.24) is 10.2 Å². The Morgan fingerprint density at radius 1 is 1.50 bits per heavy atom. The van der Waals surface area contributed by atoms with E-state index in [1.807, 2.05) is 13.8 Å². The van der Waals surface area contributed by atoms with Gasteiger partial charge in [0.1, 0.15) is 5.75 Å². The van der Waals surface area contributed by atoms with Gasteiger partial charge in [-0.3, -0.25) is 15.0 Å². The summed E-state index contributed by atoms with van der Waals surface area (Å²) in [5, 5.41) is 14.2. The molecule has 0 aliphatic carbocycles. The van der Waals surface area contributed by atoms with Crippen LogP contribution in [0.1, 0.15) is 19.4 Å². The van der Waals surface area contributed by atoms with Crippen LogP contribution in [0.5, 0.6) is 5.75 Å². The number of alkyl halides is 2. The highest BCUT2D eigenvalue weighted by Gasteiger charge is 2.27. The molecule has 1 saturated heterocycles. The Hall–Kier alpha value is -1.80. The molecule has 122 valence electrons. The lowest BCUT2D eigenvalue weighted by Crippen LogP contribution is -2.56. The first-order valence-corrected chi connectivity index (χ1v) is 6.96. The van der Waals surface area contributed by atoms with Crippen molar-refractivity contribution < 1.29 is 18.4 Å². The zero-order chi connectivity index (χ0) is 16.3. The SMILES string of the molecule is CC1(C)CN(Cc2cc([N+](=O)[O-])ccc2OC(F)F)CCN1. The molecule has 0 unspecified atom stereocenters. The number of rotatable bonds is 5. The monoisotopic (exact) mass is 315 g/mol. The Labute approximate surface area is 127 Å². The van der Waals surface area contributed by atoms with E-state index in [1.165, 1.54) is 18.2 Å². The van der Waals surface area contributed by atoms with E-state index in [0.29, 0.717) is 18.7 Å². The van der Waals surface area contributed by atoms with E-state index in [2.05, 4.69) is 15.0 Å². The van der Waals surface area contributed by atoms with E-state index < -0.39 is 11.5 Å². The molecule has 0 amide bonds. The summed E-state index contributed by atoms with van der Waals surface area (Å²) in [6.45, 7) is 3.68. The fraction of sp³-hybridized carbons (Fsp3) is 0.571. The smallest absolute Gasteiger partial charge is 0.387 e. The first-order chi connectivity index (χ1) is 10.3. The van der Waals surface area contributed by atoms with Crippen LogP contribution in [0.3, 0.4) is 0 Å². The quantitative estimate of drug-likeness (QED) is 0.667. The highest BCUT2D eigenvalue weighted by molar-refractivity contribution is 5.43. The number of piperazine rings is 1. The molecule has 6 nitrogen and oxygen atoms in total. The second kappa shape index (κ2) is 6.53. The molecule has 8 heteroatoms. The number of non-ortho nitro benzene ring substituents is 1. The molecule has 22 heavy (non-hydrogen) atoms. The van der Waals surface area contributed by atoms with E-state index in [-0.39, 0.29) is 17.0 Å². The fourth-order valence-corrected chi connectivity index (χ4v) is 2.64. The molecule has 0 atom stereocenters. The molecule has 1 aliphatic heterocycles. The van der Waals surface area contributed by atoms with Gasteiger partial charge in [0, 0.05) is 49.4 Å². The molecule has 1 aromatic rings. The summed E-state index contributed by atoms with van der Waals surface area (Å²) in [4.78, 5) is 12.4. The van der Waals surface area contributed by atoms with Gasteiger partial charge in [-0.2, -0.15) is 8.78 Å². The van der Waals surface area contributed by atoms with Crippen LogP contribution in [-0.2, 0) is 6.54 Å². The van der Waals surface area contributed by atoms with Gasteiger partial charge in [0.2, 0.25) is 0 Å². The van der Waals surface area contributed by atoms with Crippen molar-refractivity contribution in [2.45, 2.75) is 32.5 Å². The highest BCUT2D eigenvalue weighted by Crippen LogP contribution is 2.27. The molecular weight excluding hydrogens is 296 g/mol. The van der Waals surface area contributed by atoms with Crippen LogP contribution >= 0.6 is 0 Å². The lowest BCUT2D eigenvalue weighted by atomic mass is 10.0. The van der Waals surface area contributed by atoms with Gasteiger partial charge in [0.15, 0.2) is 0 Å². The van der Waals surface area contributed by atoms with E-state index in [1.54, 1.807) is 0 Å². The third kappa shape index (κ3) is 4.35. The van der Waals surface area contributed by atoms with Crippen LogP contribution in [0.2, 0.25) is 0 Å². The van der Waals surface area contributed by atoms with E-state index in [4.69, 9.17) is 0 Å². The maximum absolute atomic E-state index is 12.5. The average molecular weight is 315 g/mol. The van der Waals surface area contributed by atoms with Crippen LogP contribution in [0, 0.1) is 10.1 Å². The lowest BCUT2D eigenvalue weighted by molar-refractivity contribution is -0.385. The Bertz CT molecular complexity index is 552. The zero-order valence-electron chi connectivity index (χ0n) is 12.5. The van der Waals surface area contributed by atoms with E-state index in [0.717, 1.165) is 13.1 Å². The number of nitro groups is 1. The third-order valence-electron chi connectivity index (χ3n) is 3.52. The summed E-state index contributed by atoms with van der Waals surface area (Å²) < 4.78 is 29.4. The molecule has 2 rings (SSSR count). The Kier molecular flexibility index (Phi) is 4.92. The maximum Gasteiger partial charge on any atom is 0.387 e. The largest absolute Gasteiger partial charge is 0.434 e. The van der Waals surface area contributed by atoms with Crippen molar-refractivity contribution in [2.75, 3.05) is 19.6 Å². The molecule has 1 heterocycles. The molecule has 1 aromatic carbocycles. The van der Waals surface area contributed by atoms with Gasteiger partial charge in [0.05, 0.1) is 4.92 Å². The average Bonchev–Trinajstić information content (AvgIpc) is 2.38. The van der Waals surface area contributed by atoms with Gasteiger partial charge >= 0.3 is 6.61 Å². The van der Waals surface area contributed by atoms with Crippen LogP contribution < -0.4 is 10.1 Å².